The molecule has 1 amide bonds. The molecular formula is C11H18N4O. The van der Waals surface area contributed by atoms with Crippen LogP contribution in [-0.2, 0) is 6.54 Å². The fourth-order valence-electron chi connectivity index (χ4n) is 1.81. The highest BCUT2D eigenvalue weighted by Gasteiger charge is 2.43. The first-order valence-electron chi connectivity index (χ1n) is 5.67. The van der Waals surface area contributed by atoms with Gasteiger partial charge in [-0.05, 0) is 32.8 Å². The third-order valence-electron chi connectivity index (χ3n) is 3.06. The monoisotopic (exact) mass is 222 g/mol. The third-order valence-corrected chi connectivity index (χ3v) is 3.06. The van der Waals surface area contributed by atoms with E-state index in [1.54, 1.807) is 4.68 Å². The Hall–Kier alpha value is -1.36. The van der Waals surface area contributed by atoms with Crippen LogP contribution in [0, 0.1) is 6.92 Å². The highest BCUT2D eigenvalue weighted by atomic mass is 16.2. The zero-order valence-electron chi connectivity index (χ0n) is 9.79. The summed E-state index contributed by atoms with van der Waals surface area (Å²) in [7, 11) is 0. The van der Waals surface area contributed by atoms with Crippen molar-refractivity contribution in [3.05, 3.63) is 17.5 Å². The lowest BCUT2D eigenvalue weighted by molar-refractivity contribution is 0.0922. The second-order valence-electron chi connectivity index (χ2n) is 4.43. The number of aromatic nitrogens is 2. The molecule has 1 aliphatic carbocycles. The van der Waals surface area contributed by atoms with E-state index in [0.29, 0.717) is 18.8 Å². The van der Waals surface area contributed by atoms with Gasteiger partial charge in [0.15, 0.2) is 0 Å². The van der Waals surface area contributed by atoms with Gasteiger partial charge in [0.25, 0.3) is 5.91 Å². The summed E-state index contributed by atoms with van der Waals surface area (Å²) in [4.78, 5) is 12.0. The molecule has 1 aliphatic rings. The van der Waals surface area contributed by atoms with Crippen LogP contribution in [0.2, 0.25) is 0 Å². The van der Waals surface area contributed by atoms with E-state index in [-0.39, 0.29) is 11.4 Å². The molecule has 1 fully saturated rings. The number of carbonyl (C=O) groups excluding carboxylic acids is 1. The number of carbonyl (C=O) groups is 1. The summed E-state index contributed by atoms with van der Waals surface area (Å²) in [6.45, 7) is 5.07. The fourth-order valence-corrected chi connectivity index (χ4v) is 1.81. The molecule has 0 radical (unpaired) electrons. The van der Waals surface area contributed by atoms with Crippen LogP contribution >= 0.6 is 0 Å². The summed E-state index contributed by atoms with van der Waals surface area (Å²) in [6, 6.07) is 1.81. The van der Waals surface area contributed by atoms with Crippen molar-refractivity contribution in [1.29, 1.82) is 0 Å². The number of rotatable bonds is 4. The highest BCUT2D eigenvalue weighted by Crippen LogP contribution is 2.34. The van der Waals surface area contributed by atoms with E-state index in [4.69, 9.17) is 5.73 Å². The third kappa shape index (κ3) is 1.95. The minimum Gasteiger partial charge on any atom is -0.344 e. The van der Waals surface area contributed by atoms with Crippen molar-refractivity contribution in [2.24, 2.45) is 5.73 Å². The predicted octanol–water partition coefficient (Wildman–Crippen LogP) is 0.433. The van der Waals surface area contributed by atoms with Crippen LogP contribution in [0.15, 0.2) is 6.07 Å². The van der Waals surface area contributed by atoms with Crippen LogP contribution in [0.3, 0.4) is 0 Å². The maximum Gasteiger partial charge on any atom is 0.270 e. The van der Waals surface area contributed by atoms with Crippen molar-refractivity contribution < 1.29 is 4.79 Å². The Morgan fingerprint density at radius 1 is 1.69 bits per heavy atom. The van der Waals surface area contributed by atoms with Crippen molar-refractivity contribution in [2.45, 2.75) is 38.8 Å². The molecule has 1 aromatic heterocycles. The fraction of sp³-hybridized carbons (Fsp3) is 0.636. The Balaban J connectivity index is 2.14. The lowest BCUT2D eigenvalue weighted by Gasteiger charge is -2.14. The molecule has 5 nitrogen and oxygen atoms in total. The molecule has 1 aromatic rings. The molecule has 0 unspecified atom stereocenters. The van der Waals surface area contributed by atoms with Gasteiger partial charge in [-0.3, -0.25) is 9.48 Å². The van der Waals surface area contributed by atoms with Gasteiger partial charge in [0.1, 0.15) is 5.69 Å². The molecule has 1 saturated carbocycles. The van der Waals surface area contributed by atoms with E-state index in [1.807, 2.05) is 19.9 Å². The minimum absolute atomic E-state index is 0.0644. The van der Waals surface area contributed by atoms with Gasteiger partial charge in [-0.15, -0.1) is 0 Å². The Kier molecular flexibility index (Phi) is 2.71. The smallest absolute Gasteiger partial charge is 0.270 e. The lowest BCUT2D eigenvalue weighted by Crippen LogP contribution is -2.43. The molecule has 0 atom stereocenters. The average molecular weight is 222 g/mol. The van der Waals surface area contributed by atoms with Crippen LogP contribution in [0.5, 0.6) is 0 Å². The highest BCUT2D eigenvalue weighted by molar-refractivity contribution is 5.93. The van der Waals surface area contributed by atoms with E-state index in [9.17, 15) is 4.79 Å². The number of hydrogen-bond donors (Lipinski definition) is 2. The molecule has 0 bridgehead atoms. The standard InChI is InChI=1S/C11H18N4O/c1-3-15-9(6-8(2)14-15)10(16)13-11(7-12)4-5-11/h6H,3-5,7,12H2,1-2H3,(H,13,16). The summed E-state index contributed by atoms with van der Waals surface area (Å²) in [6.07, 6.45) is 1.96. The quantitative estimate of drug-likeness (QED) is 0.776. The van der Waals surface area contributed by atoms with Gasteiger partial charge in [0, 0.05) is 13.1 Å². The summed E-state index contributed by atoms with van der Waals surface area (Å²) < 4.78 is 1.72. The molecule has 5 heteroatoms. The van der Waals surface area contributed by atoms with Gasteiger partial charge < -0.3 is 11.1 Å². The van der Waals surface area contributed by atoms with Crippen LogP contribution < -0.4 is 11.1 Å². The molecule has 1 heterocycles. The summed E-state index contributed by atoms with van der Waals surface area (Å²) in [5, 5.41) is 7.25. The van der Waals surface area contributed by atoms with Crippen molar-refractivity contribution >= 4 is 5.91 Å². The van der Waals surface area contributed by atoms with Gasteiger partial charge in [-0.1, -0.05) is 0 Å². The molecule has 0 aromatic carbocycles. The minimum atomic E-state index is -0.145. The maximum atomic E-state index is 12.0. The van der Waals surface area contributed by atoms with Crippen LogP contribution in [-0.4, -0.2) is 27.8 Å². The largest absolute Gasteiger partial charge is 0.344 e. The van der Waals surface area contributed by atoms with E-state index in [2.05, 4.69) is 10.4 Å². The van der Waals surface area contributed by atoms with Crippen molar-refractivity contribution in [1.82, 2.24) is 15.1 Å². The topological polar surface area (TPSA) is 72.9 Å². The van der Waals surface area contributed by atoms with Crippen LogP contribution in [0.1, 0.15) is 35.9 Å². The Morgan fingerprint density at radius 3 is 2.88 bits per heavy atom. The molecule has 88 valence electrons. The number of amides is 1. The summed E-state index contributed by atoms with van der Waals surface area (Å²) >= 11 is 0. The molecule has 0 aliphatic heterocycles. The van der Waals surface area contributed by atoms with Gasteiger partial charge >= 0.3 is 0 Å². The number of aryl methyl sites for hydroxylation is 2. The number of nitrogens with two attached hydrogens (primary N) is 1. The van der Waals surface area contributed by atoms with E-state index < -0.39 is 0 Å². The summed E-state index contributed by atoms with van der Waals surface area (Å²) in [5.41, 5.74) is 6.98. The number of nitrogens with one attached hydrogen (secondary N) is 1. The Morgan fingerprint density at radius 2 is 2.38 bits per heavy atom. The lowest BCUT2D eigenvalue weighted by atomic mass is 10.2. The zero-order chi connectivity index (χ0) is 11.8. The second-order valence-corrected chi connectivity index (χ2v) is 4.43. The van der Waals surface area contributed by atoms with Crippen molar-refractivity contribution in [2.75, 3.05) is 6.54 Å². The van der Waals surface area contributed by atoms with E-state index in [1.165, 1.54) is 0 Å². The first-order chi connectivity index (χ1) is 7.60. The first-order valence-corrected chi connectivity index (χ1v) is 5.67. The van der Waals surface area contributed by atoms with Gasteiger partial charge in [-0.2, -0.15) is 5.10 Å². The maximum absolute atomic E-state index is 12.0. The Labute approximate surface area is 95.0 Å². The average Bonchev–Trinajstić information content (AvgIpc) is 2.93. The molecule has 0 saturated heterocycles. The predicted molar refractivity (Wildman–Crippen MR) is 61.1 cm³/mol. The molecule has 16 heavy (non-hydrogen) atoms. The second kappa shape index (κ2) is 3.90. The summed E-state index contributed by atoms with van der Waals surface area (Å²) in [5.74, 6) is -0.0644. The molecular weight excluding hydrogens is 204 g/mol. The molecule has 3 N–H and O–H groups in total. The van der Waals surface area contributed by atoms with E-state index >= 15 is 0 Å². The van der Waals surface area contributed by atoms with Crippen molar-refractivity contribution in [3.63, 3.8) is 0 Å². The van der Waals surface area contributed by atoms with Crippen molar-refractivity contribution in [3.8, 4) is 0 Å². The number of nitrogens with zero attached hydrogens (tertiary/aromatic N) is 2. The van der Waals surface area contributed by atoms with Crippen LogP contribution in [0.4, 0.5) is 0 Å². The molecule has 0 spiro atoms. The van der Waals surface area contributed by atoms with E-state index in [0.717, 1.165) is 18.5 Å². The van der Waals surface area contributed by atoms with Crippen LogP contribution in [0.25, 0.3) is 0 Å². The SMILES string of the molecule is CCn1nc(C)cc1C(=O)NC1(CN)CC1. The van der Waals surface area contributed by atoms with Gasteiger partial charge in [0.2, 0.25) is 0 Å². The van der Waals surface area contributed by atoms with Gasteiger partial charge in [0.05, 0.1) is 11.2 Å². The zero-order valence-corrected chi connectivity index (χ0v) is 9.79. The number of hydrogen-bond acceptors (Lipinski definition) is 3. The Bertz CT molecular complexity index is 406. The van der Waals surface area contributed by atoms with Gasteiger partial charge in [-0.25, -0.2) is 0 Å². The molecule has 2 rings (SSSR count). The normalized spacial score (nSPS) is 17.2. The first kappa shape index (κ1) is 11.1.